The van der Waals surface area contributed by atoms with Crippen molar-refractivity contribution in [2.24, 2.45) is 0 Å². The van der Waals surface area contributed by atoms with Crippen LogP contribution < -0.4 is 0 Å². The molecule has 2 heterocycles. The van der Waals surface area contributed by atoms with Crippen LogP contribution in [0, 0.1) is 6.92 Å². The third-order valence-electron chi connectivity index (χ3n) is 4.60. The van der Waals surface area contributed by atoms with Crippen molar-refractivity contribution in [3.63, 3.8) is 0 Å². The van der Waals surface area contributed by atoms with Crippen LogP contribution in [0.1, 0.15) is 11.1 Å². The summed E-state index contributed by atoms with van der Waals surface area (Å²) in [5, 5.41) is 0. The number of nitrogens with zero attached hydrogens (tertiary/aromatic N) is 2. The van der Waals surface area contributed by atoms with E-state index in [1.807, 2.05) is 61.5 Å². The van der Waals surface area contributed by atoms with Gasteiger partial charge in [0.25, 0.3) is 0 Å². The Morgan fingerprint density at radius 2 is 1.50 bits per heavy atom. The molecule has 0 fully saturated rings. The van der Waals surface area contributed by atoms with Crippen LogP contribution in [0.15, 0.2) is 85.2 Å². The molecule has 0 unspecified atom stereocenters. The molecule has 0 bridgehead atoms. The summed E-state index contributed by atoms with van der Waals surface area (Å²) in [4.78, 5) is 4.03. The van der Waals surface area contributed by atoms with Crippen LogP contribution >= 0.6 is 0 Å². The fraction of sp³-hybridized carbons (Fsp3) is 0.0870. The van der Waals surface area contributed by atoms with Gasteiger partial charge >= 0.3 is 6.18 Å². The highest BCUT2D eigenvalue weighted by molar-refractivity contribution is 5.76. The van der Waals surface area contributed by atoms with E-state index in [1.165, 1.54) is 12.3 Å². The highest BCUT2D eigenvalue weighted by Crippen LogP contribution is 2.43. The number of alkyl halides is 3. The Kier molecular flexibility index (Phi) is 4.51. The summed E-state index contributed by atoms with van der Waals surface area (Å²) in [7, 11) is 0. The summed E-state index contributed by atoms with van der Waals surface area (Å²) < 4.78 is 43.6. The summed E-state index contributed by atoms with van der Waals surface area (Å²) in [6, 6.07) is 21.1. The van der Waals surface area contributed by atoms with Crippen LogP contribution in [0.3, 0.4) is 0 Å². The molecule has 0 spiro atoms. The van der Waals surface area contributed by atoms with E-state index in [2.05, 4.69) is 4.98 Å². The number of benzene rings is 2. The molecule has 4 aromatic rings. The number of halogens is 3. The van der Waals surface area contributed by atoms with Gasteiger partial charge < -0.3 is 4.57 Å². The normalized spacial score (nSPS) is 11.6. The van der Waals surface area contributed by atoms with Gasteiger partial charge in [0, 0.05) is 23.6 Å². The highest BCUT2D eigenvalue weighted by atomic mass is 19.4. The van der Waals surface area contributed by atoms with E-state index in [0.717, 1.165) is 5.56 Å². The maximum Gasteiger partial charge on any atom is 0.418 e. The highest BCUT2D eigenvalue weighted by Gasteiger charge is 2.37. The van der Waals surface area contributed by atoms with Gasteiger partial charge in [0.2, 0.25) is 0 Å². The summed E-state index contributed by atoms with van der Waals surface area (Å²) in [6.45, 7) is 1.95. The van der Waals surface area contributed by atoms with E-state index in [9.17, 15) is 13.2 Å². The first-order valence-corrected chi connectivity index (χ1v) is 8.81. The van der Waals surface area contributed by atoms with Gasteiger partial charge in [0.1, 0.15) is 0 Å². The third kappa shape index (κ3) is 3.31. The molecule has 0 N–H and O–H groups in total. The second kappa shape index (κ2) is 7.00. The molecule has 2 aromatic carbocycles. The zero-order valence-corrected chi connectivity index (χ0v) is 15.1. The molecule has 5 heteroatoms. The lowest BCUT2D eigenvalue weighted by Gasteiger charge is -2.16. The van der Waals surface area contributed by atoms with Crippen molar-refractivity contribution in [2.75, 3.05) is 0 Å². The molecule has 0 atom stereocenters. The Balaban J connectivity index is 2.10. The first-order chi connectivity index (χ1) is 13.4. The lowest BCUT2D eigenvalue weighted by molar-refractivity contribution is -0.137. The van der Waals surface area contributed by atoms with Gasteiger partial charge in [-0.1, -0.05) is 48.0 Å². The molecular weight excluding hydrogens is 361 g/mol. The number of hydrogen-bond donors (Lipinski definition) is 0. The topological polar surface area (TPSA) is 17.8 Å². The molecule has 0 amide bonds. The molecule has 0 radical (unpaired) electrons. The lowest BCUT2D eigenvalue weighted by Crippen LogP contribution is -2.07. The van der Waals surface area contributed by atoms with Gasteiger partial charge in [-0.15, -0.1) is 0 Å². The minimum Gasteiger partial charge on any atom is -0.309 e. The molecule has 2 aromatic heterocycles. The maximum absolute atomic E-state index is 14.0. The van der Waals surface area contributed by atoms with Crippen LogP contribution in [0.2, 0.25) is 0 Å². The van der Waals surface area contributed by atoms with Crippen LogP contribution in [0.25, 0.3) is 28.2 Å². The molecule has 0 saturated carbocycles. The standard InChI is InChI=1S/C23H17F3N2/c1-16-9-11-19(12-10-16)28-21(17-6-3-2-4-7-17)14-20(23(24,25)26)22(28)18-8-5-13-27-15-18/h2-15H,1H3. The molecule has 0 saturated heterocycles. The van der Waals surface area contributed by atoms with Crippen molar-refractivity contribution in [1.29, 1.82) is 0 Å². The predicted molar refractivity (Wildman–Crippen MR) is 104 cm³/mol. The van der Waals surface area contributed by atoms with Crippen LogP contribution in [0.5, 0.6) is 0 Å². The monoisotopic (exact) mass is 378 g/mol. The Morgan fingerprint density at radius 3 is 2.11 bits per heavy atom. The maximum atomic E-state index is 14.0. The zero-order valence-electron chi connectivity index (χ0n) is 15.1. The number of aryl methyl sites for hydroxylation is 1. The molecule has 2 nitrogen and oxygen atoms in total. The van der Waals surface area contributed by atoms with E-state index in [0.29, 0.717) is 22.5 Å². The largest absolute Gasteiger partial charge is 0.418 e. The Labute approximate surface area is 160 Å². The van der Waals surface area contributed by atoms with Crippen LogP contribution in [-0.2, 0) is 6.18 Å². The molecular formula is C23H17F3N2. The zero-order chi connectivity index (χ0) is 19.7. The fourth-order valence-corrected chi connectivity index (χ4v) is 3.30. The molecule has 0 aliphatic heterocycles. The van der Waals surface area contributed by atoms with E-state index < -0.39 is 11.7 Å². The molecule has 0 aliphatic carbocycles. The van der Waals surface area contributed by atoms with E-state index in [1.54, 1.807) is 22.9 Å². The Morgan fingerprint density at radius 1 is 0.821 bits per heavy atom. The van der Waals surface area contributed by atoms with E-state index in [4.69, 9.17) is 0 Å². The second-order valence-corrected chi connectivity index (χ2v) is 6.57. The number of pyridine rings is 1. The minimum atomic E-state index is -4.50. The van der Waals surface area contributed by atoms with Crippen LogP contribution in [-0.4, -0.2) is 9.55 Å². The first kappa shape index (κ1) is 18.0. The number of rotatable bonds is 3. The summed E-state index contributed by atoms with van der Waals surface area (Å²) in [5.41, 5.74) is 2.72. The van der Waals surface area contributed by atoms with Crippen molar-refractivity contribution >= 4 is 0 Å². The average molecular weight is 378 g/mol. The van der Waals surface area contributed by atoms with Crippen molar-refractivity contribution in [3.8, 4) is 28.2 Å². The quantitative estimate of drug-likeness (QED) is 0.396. The SMILES string of the molecule is Cc1ccc(-n2c(-c3ccccc3)cc(C(F)(F)F)c2-c2cccnc2)cc1. The lowest BCUT2D eigenvalue weighted by atomic mass is 10.1. The molecule has 0 aliphatic rings. The summed E-state index contributed by atoms with van der Waals surface area (Å²) >= 11 is 0. The Hall–Kier alpha value is -3.34. The third-order valence-corrected chi connectivity index (χ3v) is 4.60. The fourth-order valence-electron chi connectivity index (χ4n) is 3.30. The van der Waals surface area contributed by atoms with Crippen molar-refractivity contribution in [3.05, 3.63) is 96.3 Å². The predicted octanol–water partition coefficient (Wildman–Crippen LogP) is 6.53. The molecule has 140 valence electrons. The van der Waals surface area contributed by atoms with Gasteiger partial charge in [-0.05, 0) is 42.8 Å². The summed E-state index contributed by atoms with van der Waals surface area (Å²) in [5.74, 6) is 0. The van der Waals surface area contributed by atoms with Crippen molar-refractivity contribution in [1.82, 2.24) is 9.55 Å². The number of aromatic nitrogens is 2. The van der Waals surface area contributed by atoms with E-state index in [-0.39, 0.29) is 5.69 Å². The Bertz CT molecular complexity index is 1080. The first-order valence-electron chi connectivity index (χ1n) is 8.81. The summed E-state index contributed by atoms with van der Waals surface area (Å²) in [6.07, 6.45) is -1.48. The molecule has 4 rings (SSSR count). The van der Waals surface area contributed by atoms with E-state index >= 15 is 0 Å². The van der Waals surface area contributed by atoms with Crippen LogP contribution in [0.4, 0.5) is 13.2 Å². The van der Waals surface area contributed by atoms with Gasteiger partial charge in [-0.2, -0.15) is 13.2 Å². The van der Waals surface area contributed by atoms with Gasteiger partial charge in [-0.3, -0.25) is 4.98 Å². The van der Waals surface area contributed by atoms with Gasteiger partial charge in [0.05, 0.1) is 17.0 Å². The average Bonchev–Trinajstić information content (AvgIpc) is 3.11. The number of hydrogen-bond acceptors (Lipinski definition) is 1. The van der Waals surface area contributed by atoms with Crippen molar-refractivity contribution < 1.29 is 13.2 Å². The second-order valence-electron chi connectivity index (χ2n) is 6.57. The van der Waals surface area contributed by atoms with Crippen molar-refractivity contribution in [2.45, 2.75) is 13.1 Å². The smallest absolute Gasteiger partial charge is 0.309 e. The van der Waals surface area contributed by atoms with Gasteiger partial charge in [0.15, 0.2) is 0 Å². The molecule has 28 heavy (non-hydrogen) atoms. The minimum absolute atomic E-state index is 0.0864. The van der Waals surface area contributed by atoms with Gasteiger partial charge in [-0.25, -0.2) is 0 Å².